The van der Waals surface area contributed by atoms with Crippen molar-refractivity contribution in [1.82, 2.24) is 5.32 Å². The lowest BCUT2D eigenvalue weighted by Crippen LogP contribution is -2.26. The summed E-state index contributed by atoms with van der Waals surface area (Å²) in [7, 11) is 0. The van der Waals surface area contributed by atoms with Crippen molar-refractivity contribution < 1.29 is 32.6 Å². The minimum Gasteiger partial charge on any atom is -0.478 e. The van der Waals surface area contributed by atoms with Gasteiger partial charge in [-0.15, -0.1) is 0 Å². The van der Waals surface area contributed by atoms with Crippen LogP contribution < -0.4 is 5.32 Å². The molecule has 1 amide bonds. The fourth-order valence-corrected chi connectivity index (χ4v) is 4.02. The average Bonchev–Trinajstić information content (AvgIpc) is 3.13. The van der Waals surface area contributed by atoms with Crippen molar-refractivity contribution >= 4 is 18.1 Å². The number of amides is 1. The number of nitrogens with one attached hydrogen (secondary N) is 1. The van der Waals surface area contributed by atoms with E-state index in [4.69, 9.17) is 9.84 Å². The van der Waals surface area contributed by atoms with Crippen molar-refractivity contribution in [2.75, 3.05) is 13.2 Å². The van der Waals surface area contributed by atoms with Crippen LogP contribution in [0.3, 0.4) is 0 Å². The largest absolute Gasteiger partial charge is 0.478 e. The van der Waals surface area contributed by atoms with E-state index in [9.17, 15) is 22.8 Å². The van der Waals surface area contributed by atoms with Crippen molar-refractivity contribution in [1.29, 1.82) is 0 Å². The third kappa shape index (κ3) is 4.96. The number of alkyl carbamates (subject to hydrolysis) is 1. The fourth-order valence-electron chi connectivity index (χ4n) is 4.02. The molecule has 34 heavy (non-hydrogen) atoms. The number of alkyl halides is 3. The number of aromatic carboxylic acids is 1. The summed E-state index contributed by atoms with van der Waals surface area (Å²) in [5.74, 6) is -1.55. The Morgan fingerprint density at radius 3 is 2.18 bits per heavy atom. The molecule has 174 valence electrons. The van der Waals surface area contributed by atoms with E-state index in [-0.39, 0.29) is 24.6 Å². The van der Waals surface area contributed by atoms with Gasteiger partial charge in [-0.1, -0.05) is 60.7 Å². The second-order valence-corrected chi connectivity index (χ2v) is 7.76. The molecule has 0 spiro atoms. The van der Waals surface area contributed by atoms with Gasteiger partial charge in [0.15, 0.2) is 0 Å². The van der Waals surface area contributed by atoms with Crippen molar-refractivity contribution in [3.63, 3.8) is 0 Å². The highest BCUT2D eigenvalue weighted by molar-refractivity contribution is 5.88. The van der Waals surface area contributed by atoms with Gasteiger partial charge in [-0.05, 0) is 46.0 Å². The Morgan fingerprint density at radius 2 is 1.59 bits per heavy atom. The van der Waals surface area contributed by atoms with E-state index in [1.165, 1.54) is 12.2 Å². The maximum absolute atomic E-state index is 13.0. The van der Waals surface area contributed by atoms with Gasteiger partial charge in [-0.25, -0.2) is 9.59 Å². The van der Waals surface area contributed by atoms with E-state index in [1.54, 1.807) is 0 Å². The van der Waals surface area contributed by atoms with E-state index < -0.39 is 29.4 Å². The van der Waals surface area contributed by atoms with Gasteiger partial charge in [-0.3, -0.25) is 0 Å². The zero-order valence-electron chi connectivity index (χ0n) is 17.8. The summed E-state index contributed by atoms with van der Waals surface area (Å²) in [4.78, 5) is 23.3. The van der Waals surface area contributed by atoms with Crippen LogP contribution in [0.1, 0.15) is 38.5 Å². The molecule has 1 aliphatic carbocycles. The number of fused-ring (bicyclic) bond motifs is 3. The minimum atomic E-state index is -4.67. The molecule has 0 bridgehead atoms. The van der Waals surface area contributed by atoms with E-state index in [2.05, 4.69) is 5.32 Å². The molecule has 0 aliphatic heterocycles. The van der Waals surface area contributed by atoms with Crippen LogP contribution in [-0.4, -0.2) is 30.3 Å². The van der Waals surface area contributed by atoms with Gasteiger partial charge in [0.2, 0.25) is 0 Å². The molecule has 0 radical (unpaired) electrons. The van der Waals surface area contributed by atoms with Crippen molar-refractivity contribution in [2.45, 2.75) is 12.1 Å². The molecule has 0 unspecified atom stereocenters. The smallest absolute Gasteiger partial charge is 0.416 e. The van der Waals surface area contributed by atoms with Crippen LogP contribution in [0.4, 0.5) is 18.0 Å². The monoisotopic (exact) mass is 467 g/mol. The SMILES string of the molecule is O=C(NCC=Cc1cc(C(=O)O)cc(C(F)(F)F)c1)OCC1c2ccccc2-c2ccccc21. The second kappa shape index (κ2) is 9.43. The van der Waals surface area contributed by atoms with Gasteiger partial charge >= 0.3 is 18.2 Å². The van der Waals surface area contributed by atoms with Crippen LogP contribution in [-0.2, 0) is 10.9 Å². The number of halogens is 3. The number of hydrogen-bond donors (Lipinski definition) is 2. The topological polar surface area (TPSA) is 75.6 Å². The van der Waals surface area contributed by atoms with Crippen molar-refractivity contribution in [2.24, 2.45) is 0 Å². The number of hydrogen-bond acceptors (Lipinski definition) is 3. The summed E-state index contributed by atoms with van der Waals surface area (Å²) in [5, 5.41) is 11.6. The lowest BCUT2D eigenvalue weighted by atomic mass is 9.98. The van der Waals surface area contributed by atoms with E-state index in [1.807, 2.05) is 48.5 Å². The Morgan fingerprint density at radius 1 is 0.971 bits per heavy atom. The lowest BCUT2D eigenvalue weighted by molar-refractivity contribution is -0.137. The highest BCUT2D eigenvalue weighted by Gasteiger charge is 2.32. The number of carboxylic acids is 1. The molecule has 4 rings (SSSR count). The third-order valence-corrected chi connectivity index (χ3v) is 5.55. The summed E-state index contributed by atoms with van der Waals surface area (Å²) >= 11 is 0. The highest BCUT2D eigenvalue weighted by Crippen LogP contribution is 2.44. The van der Waals surface area contributed by atoms with Crippen molar-refractivity contribution in [3.8, 4) is 11.1 Å². The molecule has 0 heterocycles. The predicted molar refractivity (Wildman–Crippen MR) is 121 cm³/mol. The molecule has 3 aromatic rings. The number of carbonyl (C=O) groups is 2. The van der Waals surface area contributed by atoms with Gasteiger partial charge in [0.1, 0.15) is 6.61 Å². The molecule has 0 fully saturated rings. The summed E-state index contributed by atoms with van der Waals surface area (Å²) in [6.07, 6.45) is -2.61. The summed E-state index contributed by atoms with van der Waals surface area (Å²) in [6.45, 7) is 0.133. The van der Waals surface area contributed by atoms with Crippen LogP contribution in [0.5, 0.6) is 0 Å². The molecule has 0 aromatic heterocycles. The van der Waals surface area contributed by atoms with E-state index in [0.717, 1.165) is 34.4 Å². The molecule has 0 atom stereocenters. The number of carbonyl (C=O) groups excluding carboxylic acids is 1. The van der Waals surface area contributed by atoms with Crippen LogP contribution >= 0.6 is 0 Å². The van der Waals surface area contributed by atoms with E-state index in [0.29, 0.717) is 6.07 Å². The Kier molecular flexibility index (Phi) is 6.40. The number of rotatable bonds is 6. The van der Waals surface area contributed by atoms with Gasteiger partial charge in [-0.2, -0.15) is 13.2 Å². The molecule has 5 nitrogen and oxygen atoms in total. The number of carboxylic acid groups (broad SMARTS) is 1. The van der Waals surface area contributed by atoms with Crippen LogP contribution in [0.2, 0.25) is 0 Å². The number of benzene rings is 3. The zero-order valence-corrected chi connectivity index (χ0v) is 17.8. The molecule has 1 aliphatic rings. The average molecular weight is 467 g/mol. The Bertz CT molecular complexity index is 1220. The van der Waals surface area contributed by atoms with Gasteiger partial charge in [0.25, 0.3) is 0 Å². The first-order chi connectivity index (χ1) is 16.2. The Labute approximate surface area is 193 Å². The first kappa shape index (κ1) is 23.1. The highest BCUT2D eigenvalue weighted by atomic mass is 19.4. The van der Waals surface area contributed by atoms with Crippen LogP contribution in [0.15, 0.2) is 72.8 Å². The zero-order chi connectivity index (χ0) is 24.3. The molecule has 0 saturated heterocycles. The normalized spacial score (nSPS) is 12.9. The Hall–Kier alpha value is -4.07. The summed E-state index contributed by atoms with van der Waals surface area (Å²) in [5.41, 5.74) is 2.90. The van der Waals surface area contributed by atoms with Gasteiger partial charge in [0, 0.05) is 12.5 Å². The molecule has 0 saturated carbocycles. The minimum absolute atomic E-state index is 0.00464. The molecular formula is C26H20F3NO4. The molecular weight excluding hydrogens is 447 g/mol. The molecule has 3 aromatic carbocycles. The first-order valence-corrected chi connectivity index (χ1v) is 10.4. The van der Waals surface area contributed by atoms with Gasteiger partial charge < -0.3 is 15.2 Å². The van der Waals surface area contributed by atoms with Gasteiger partial charge in [0.05, 0.1) is 11.1 Å². The number of ether oxygens (including phenoxy) is 1. The first-order valence-electron chi connectivity index (χ1n) is 10.4. The quantitative estimate of drug-likeness (QED) is 0.469. The van der Waals surface area contributed by atoms with Crippen LogP contribution in [0.25, 0.3) is 17.2 Å². The van der Waals surface area contributed by atoms with Crippen LogP contribution in [0, 0.1) is 0 Å². The summed E-state index contributed by atoms with van der Waals surface area (Å²) in [6, 6.07) is 18.4. The molecule has 8 heteroatoms. The second-order valence-electron chi connectivity index (χ2n) is 7.76. The summed E-state index contributed by atoms with van der Waals surface area (Å²) < 4.78 is 44.4. The van der Waals surface area contributed by atoms with Crippen molar-refractivity contribution in [3.05, 3.63) is 101 Å². The maximum Gasteiger partial charge on any atom is 0.416 e. The lowest BCUT2D eigenvalue weighted by Gasteiger charge is -2.14. The maximum atomic E-state index is 13.0. The predicted octanol–water partition coefficient (Wildman–Crippen LogP) is 5.96. The van der Waals surface area contributed by atoms with E-state index >= 15 is 0 Å². The standard InChI is InChI=1S/C26H20F3NO4/c27-26(28,29)18-13-16(12-17(14-18)24(31)32)6-5-11-30-25(33)34-15-23-21-9-3-1-7-19(21)20-8-2-4-10-22(20)23/h1-10,12-14,23H,11,15H2,(H,30,33)(H,31,32). The fraction of sp³-hybridized carbons (Fsp3) is 0.154. The third-order valence-electron chi connectivity index (χ3n) is 5.55. The molecule has 2 N–H and O–H groups in total. The Balaban J connectivity index is 1.36.